The molecule has 0 radical (unpaired) electrons. The van der Waals surface area contributed by atoms with Crippen LogP contribution in [0, 0.1) is 24.7 Å². The van der Waals surface area contributed by atoms with Gasteiger partial charge in [-0.2, -0.15) is 0 Å². The number of hydrogen-bond donors (Lipinski definition) is 1. The second-order valence-corrected chi connectivity index (χ2v) is 10.2. The summed E-state index contributed by atoms with van der Waals surface area (Å²) in [5.74, 6) is 7.54. The minimum Gasteiger partial charge on any atom is -0.369 e. The Kier molecular flexibility index (Phi) is 26.3. The molecule has 1 heterocycles. The lowest BCUT2D eigenvalue weighted by Crippen LogP contribution is -2.40. The van der Waals surface area contributed by atoms with Gasteiger partial charge in [-0.05, 0) is 95.2 Å². The molecule has 2 rings (SSSR count). The molecule has 1 saturated heterocycles. The maximum atomic E-state index is 11.3. The van der Waals surface area contributed by atoms with Crippen LogP contribution in [0.25, 0.3) is 6.08 Å². The number of nitrogens with two attached hydrogens (primary N) is 1. The van der Waals surface area contributed by atoms with Crippen LogP contribution >= 0.6 is 0 Å². The van der Waals surface area contributed by atoms with E-state index in [-0.39, 0.29) is 11.7 Å². The maximum absolute atomic E-state index is 11.3. The summed E-state index contributed by atoms with van der Waals surface area (Å²) in [5, 5.41) is 0. The van der Waals surface area contributed by atoms with Gasteiger partial charge < -0.3 is 15.4 Å². The molecule has 1 aliphatic heterocycles. The fourth-order valence-corrected chi connectivity index (χ4v) is 4.04. The Bertz CT molecular complexity index is 1140. The number of piperidine rings is 1. The zero-order valence-corrected chi connectivity index (χ0v) is 29.2. The van der Waals surface area contributed by atoms with Crippen LogP contribution in [0.5, 0.6) is 0 Å². The van der Waals surface area contributed by atoms with Crippen molar-refractivity contribution in [3.63, 3.8) is 0 Å². The average molecular weight is 604 g/mol. The molecule has 5 heteroatoms. The van der Waals surface area contributed by atoms with Gasteiger partial charge in [0.25, 0.3) is 0 Å². The highest BCUT2D eigenvalue weighted by Gasteiger charge is 2.25. The first-order chi connectivity index (χ1) is 21.1. The van der Waals surface area contributed by atoms with E-state index in [2.05, 4.69) is 73.2 Å². The van der Waals surface area contributed by atoms with Gasteiger partial charge in [-0.1, -0.05) is 89.6 Å². The van der Waals surface area contributed by atoms with Crippen LogP contribution in [-0.4, -0.2) is 49.4 Å². The van der Waals surface area contributed by atoms with Crippen LogP contribution in [0.4, 0.5) is 0 Å². The Labute approximate surface area is 270 Å². The lowest BCUT2D eigenvalue weighted by Gasteiger charge is -2.33. The summed E-state index contributed by atoms with van der Waals surface area (Å²) >= 11 is 0. The second kappa shape index (κ2) is 27.1. The van der Waals surface area contributed by atoms with Crippen molar-refractivity contribution in [3.05, 3.63) is 90.2 Å². The predicted molar refractivity (Wildman–Crippen MR) is 195 cm³/mol. The quantitative estimate of drug-likeness (QED) is 0.0851. The molecule has 1 aromatic carbocycles. The van der Waals surface area contributed by atoms with Gasteiger partial charge >= 0.3 is 0 Å². The van der Waals surface area contributed by atoms with Crippen LogP contribution in [0.3, 0.4) is 0 Å². The van der Waals surface area contributed by atoms with Crippen molar-refractivity contribution >= 4 is 17.7 Å². The Morgan fingerprint density at radius 3 is 2.23 bits per heavy atom. The van der Waals surface area contributed by atoms with Crippen LogP contribution < -0.4 is 5.73 Å². The van der Waals surface area contributed by atoms with E-state index in [0.717, 1.165) is 86.5 Å². The molecule has 1 aromatic rings. The number of Topliss-reactive ketones (excluding diaryl/α,β-unsaturated/α-hetero) is 1. The van der Waals surface area contributed by atoms with Crippen molar-refractivity contribution in [2.75, 3.05) is 32.8 Å². The van der Waals surface area contributed by atoms with Crippen molar-refractivity contribution in [1.29, 1.82) is 0 Å². The molecule has 0 aromatic heterocycles. The summed E-state index contributed by atoms with van der Waals surface area (Å²) in [7, 11) is 0. The van der Waals surface area contributed by atoms with Crippen molar-refractivity contribution in [2.45, 2.75) is 87.5 Å². The first-order valence-electron chi connectivity index (χ1n) is 16.1. The first kappa shape index (κ1) is 42.7. The monoisotopic (exact) mass is 603 g/mol. The van der Waals surface area contributed by atoms with Crippen molar-refractivity contribution in [2.24, 2.45) is 16.6 Å². The lowest BCUT2D eigenvalue weighted by molar-refractivity contribution is -0.121. The molecule has 244 valence electrons. The van der Waals surface area contributed by atoms with Crippen molar-refractivity contribution < 1.29 is 9.53 Å². The van der Waals surface area contributed by atoms with E-state index in [4.69, 9.17) is 10.5 Å². The van der Waals surface area contributed by atoms with Crippen LogP contribution in [0.1, 0.15) is 97.3 Å². The Morgan fingerprint density at radius 2 is 1.70 bits per heavy atom. The highest BCUT2D eigenvalue weighted by molar-refractivity contribution is 6.01. The first-order valence-corrected chi connectivity index (χ1v) is 16.1. The van der Waals surface area contributed by atoms with E-state index in [0.29, 0.717) is 6.61 Å². The highest BCUT2D eigenvalue weighted by Crippen LogP contribution is 2.21. The van der Waals surface area contributed by atoms with Crippen molar-refractivity contribution in [3.8, 4) is 11.8 Å². The molecule has 0 aliphatic carbocycles. The summed E-state index contributed by atoms with van der Waals surface area (Å²) in [6.07, 6.45) is 10.6. The van der Waals surface area contributed by atoms with Gasteiger partial charge in [-0.3, -0.25) is 4.79 Å². The zero-order valence-electron chi connectivity index (χ0n) is 29.2. The lowest BCUT2D eigenvalue weighted by atomic mass is 9.92. The number of ketones is 1. The largest absolute Gasteiger partial charge is 0.369 e. The molecule has 0 unspecified atom stereocenters. The predicted octanol–water partition coefficient (Wildman–Crippen LogP) is 9.10. The fourth-order valence-electron chi connectivity index (χ4n) is 4.04. The third kappa shape index (κ3) is 18.9. The zero-order chi connectivity index (χ0) is 33.9. The van der Waals surface area contributed by atoms with Gasteiger partial charge in [0, 0.05) is 43.0 Å². The Morgan fingerprint density at radius 1 is 1.07 bits per heavy atom. The SMILES string of the molecule is C=C(C)/C=C\c1cc(C#CCOCCCCCN)ccc1C.C=CN=C(C(=C)C(=C)C)N1CCC(C(C)=O)CC1.CC.CC. The van der Waals surface area contributed by atoms with Crippen molar-refractivity contribution in [1.82, 2.24) is 4.90 Å². The van der Waals surface area contributed by atoms with Gasteiger partial charge in [0.05, 0.1) is 0 Å². The summed E-state index contributed by atoms with van der Waals surface area (Å²) in [5.41, 5.74) is 11.7. The number of ether oxygens (including phenoxy) is 1. The van der Waals surface area contributed by atoms with Crippen LogP contribution in [-0.2, 0) is 9.53 Å². The topological polar surface area (TPSA) is 67.9 Å². The smallest absolute Gasteiger partial charge is 0.135 e. The number of benzene rings is 1. The number of carbonyl (C=O) groups excluding carboxylic acids is 1. The number of unbranched alkanes of at least 4 members (excludes halogenated alkanes) is 2. The number of carbonyl (C=O) groups is 1. The molecular formula is C39H61N3O2. The van der Waals surface area contributed by atoms with E-state index in [1.807, 2.05) is 53.7 Å². The number of rotatable bonds is 12. The number of aliphatic imine (C=N–C) groups is 1. The summed E-state index contributed by atoms with van der Waals surface area (Å²) in [6, 6.07) is 6.24. The van der Waals surface area contributed by atoms with Gasteiger partial charge in [0.1, 0.15) is 18.2 Å². The molecule has 0 spiro atoms. The molecule has 0 saturated carbocycles. The second-order valence-electron chi connectivity index (χ2n) is 10.2. The molecule has 0 atom stereocenters. The standard InChI is InChI=1S/C20H27NO.C15H22N2O.2C2H6/c1-17(2)9-12-20-16-19(11-10-18(20)3)8-7-15-22-14-6-4-5-13-21;1-6-16-15(12(4)11(2)3)17-9-7-14(8-10-17)13(5)18;2*1-2/h9-12,16H,1,4-6,13-15,21H2,2-3H3;6,14H,1-2,4,7-10H2,3,5H3;2*1-2H3/b12-9-;;;. The number of allylic oxidation sites excluding steroid dienone is 2. The Hall–Kier alpha value is -3.46. The number of amidine groups is 1. The maximum Gasteiger partial charge on any atom is 0.135 e. The molecule has 0 amide bonds. The molecule has 2 N–H and O–H groups in total. The number of hydrogen-bond acceptors (Lipinski definition) is 4. The Balaban J connectivity index is 0. The van der Waals surface area contributed by atoms with E-state index in [1.54, 1.807) is 6.92 Å². The molecule has 0 bridgehead atoms. The fraction of sp³-hybridized carbons (Fsp3) is 0.487. The van der Waals surface area contributed by atoms with E-state index < -0.39 is 0 Å². The van der Waals surface area contributed by atoms with Crippen LogP contribution in [0.15, 0.2) is 78.5 Å². The third-order valence-corrected chi connectivity index (χ3v) is 6.59. The summed E-state index contributed by atoms with van der Waals surface area (Å²) in [6.45, 7) is 34.8. The molecular weight excluding hydrogens is 542 g/mol. The summed E-state index contributed by atoms with van der Waals surface area (Å²) in [4.78, 5) is 17.8. The summed E-state index contributed by atoms with van der Waals surface area (Å²) < 4.78 is 5.49. The molecule has 5 nitrogen and oxygen atoms in total. The highest BCUT2D eigenvalue weighted by atomic mass is 16.5. The van der Waals surface area contributed by atoms with Gasteiger partial charge in [0.15, 0.2) is 0 Å². The molecule has 1 aliphatic rings. The van der Waals surface area contributed by atoms with Gasteiger partial charge in [-0.25, -0.2) is 4.99 Å². The normalized spacial score (nSPS) is 12.7. The minimum atomic E-state index is 0.198. The van der Waals surface area contributed by atoms with Gasteiger partial charge in [-0.15, -0.1) is 0 Å². The third-order valence-electron chi connectivity index (χ3n) is 6.59. The minimum absolute atomic E-state index is 0.198. The van der Waals surface area contributed by atoms with E-state index >= 15 is 0 Å². The van der Waals surface area contributed by atoms with E-state index in [1.165, 1.54) is 17.3 Å². The number of nitrogens with zero attached hydrogens (tertiary/aromatic N) is 2. The average Bonchev–Trinajstić information content (AvgIpc) is 3.03. The van der Waals surface area contributed by atoms with Crippen LogP contribution in [0.2, 0.25) is 0 Å². The number of aryl methyl sites for hydroxylation is 1. The molecule has 44 heavy (non-hydrogen) atoms. The molecule has 1 fully saturated rings. The number of likely N-dealkylation sites (tertiary alicyclic amines) is 1. The van der Waals surface area contributed by atoms with E-state index in [9.17, 15) is 4.79 Å². The van der Waals surface area contributed by atoms with Gasteiger partial charge in [0.2, 0.25) is 0 Å².